The van der Waals surface area contributed by atoms with Gasteiger partial charge in [0.1, 0.15) is 18.5 Å². The van der Waals surface area contributed by atoms with Gasteiger partial charge in [0.2, 0.25) is 0 Å². The van der Waals surface area contributed by atoms with Crippen molar-refractivity contribution in [3.05, 3.63) is 65.7 Å². The van der Waals surface area contributed by atoms with E-state index in [2.05, 4.69) is 55.1 Å². The molecule has 4 heteroatoms. The molecule has 1 saturated heterocycles. The van der Waals surface area contributed by atoms with Gasteiger partial charge in [0.15, 0.2) is 0 Å². The highest BCUT2D eigenvalue weighted by atomic mass is 16.5. The van der Waals surface area contributed by atoms with Crippen LogP contribution in [0.3, 0.4) is 0 Å². The van der Waals surface area contributed by atoms with Crippen LogP contribution in [-0.2, 0) is 5.41 Å². The second-order valence-corrected chi connectivity index (χ2v) is 8.01. The van der Waals surface area contributed by atoms with Gasteiger partial charge in [-0.25, -0.2) is 0 Å². The molecule has 4 nitrogen and oxygen atoms in total. The topological polar surface area (TPSA) is 52.9 Å². The van der Waals surface area contributed by atoms with E-state index in [1.165, 1.54) is 11.1 Å². The summed E-state index contributed by atoms with van der Waals surface area (Å²) in [5.74, 6) is 0.774. The third kappa shape index (κ3) is 5.32. The fraction of sp³-hybridized carbons (Fsp3) is 0.478. The number of hydrogen-bond donors (Lipinski definition) is 2. The number of β-amino-alcohol motifs (C(OH)–C–C–N with tert-alkyl or cyclic N) is 1. The van der Waals surface area contributed by atoms with Crippen LogP contribution in [0.4, 0.5) is 0 Å². The van der Waals surface area contributed by atoms with Crippen molar-refractivity contribution < 1.29 is 14.9 Å². The zero-order valence-electron chi connectivity index (χ0n) is 16.3. The maximum Gasteiger partial charge on any atom is 0.119 e. The summed E-state index contributed by atoms with van der Waals surface area (Å²) in [7, 11) is 0. The molecule has 1 fully saturated rings. The zero-order valence-corrected chi connectivity index (χ0v) is 16.3. The van der Waals surface area contributed by atoms with Gasteiger partial charge in [-0.3, -0.25) is 0 Å². The smallest absolute Gasteiger partial charge is 0.119 e. The molecular weight excluding hydrogens is 338 g/mol. The maximum absolute atomic E-state index is 10.2. The summed E-state index contributed by atoms with van der Waals surface area (Å²) in [6.45, 7) is 6.98. The van der Waals surface area contributed by atoms with E-state index in [1.54, 1.807) is 0 Å². The van der Waals surface area contributed by atoms with E-state index in [4.69, 9.17) is 4.74 Å². The van der Waals surface area contributed by atoms with Crippen LogP contribution in [0.5, 0.6) is 5.75 Å². The summed E-state index contributed by atoms with van der Waals surface area (Å²) in [4.78, 5) is 2.19. The molecule has 0 aromatic heterocycles. The molecule has 0 amide bonds. The minimum absolute atomic E-state index is 0.0713. The van der Waals surface area contributed by atoms with Gasteiger partial charge in [0.05, 0.1) is 6.10 Å². The third-order valence-corrected chi connectivity index (χ3v) is 5.54. The molecule has 0 saturated carbocycles. The standard InChI is InChI=1S/C23H31NO3/c1-23(2,18-6-4-3-5-7-18)19-8-10-22(11-9-19)27-17-21(26)16-24-14-12-20(25)13-15-24/h3-11,20-21,25-26H,12-17H2,1-2H3/t21-/m1/s1. The van der Waals surface area contributed by atoms with E-state index in [0.29, 0.717) is 6.54 Å². The molecule has 0 radical (unpaired) electrons. The molecule has 27 heavy (non-hydrogen) atoms. The minimum Gasteiger partial charge on any atom is -0.491 e. The maximum atomic E-state index is 10.2. The Kier molecular flexibility index (Phi) is 6.53. The lowest BCUT2D eigenvalue weighted by Crippen LogP contribution is -2.41. The van der Waals surface area contributed by atoms with Crippen LogP contribution < -0.4 is 4.74 Å². The summed E-state index contributed by atoms with van der Waals surface area (Å²) in [6, 6.07) is 18.6. The van der Waals surface area contributed by atoms with Crippen LogP contribution in [0.1, 0.15) is 37.8 Å². The van der Waals surface area contributed by atoms with Gasteiger partial charge in [0, 0.05) is 25.0 Å². The van der Waals surface area contributed by atoms with Gasteiger partial charge >= 0.3 is 0 Å². The van der Waals surface area contributed by atoms with Crippen molar-refractivity contribution in [2.24, 2.45) is 0 Å². The lowest BCUT2D eigenvalue weighted by Gasteiger charge is -2.31. The first kappa shape index (κ1) is 19.9. The zero-order chi connectivity index (χ0) is 19.3. The molecule has 1 aliphatic rings. The summed E-state index contributed by atoms with van der Waals surface area (Å²) in [5.41, 5.74) is 2.44. The average molecular weight is 370 g/mol. The second-order valence-electron chi connectivity index (χ2n) is 8.01. The molecule has 2 aromatic carbocycles. The fourth-order valence-corrected chi connectivity index (χ4v) is 3.63. The number of piperidine rings is 1. The highest BCUT2D eigenvalue weighted by Crippen LogP contribution is 2.32. The van der Waals surface area contributed by atoms with Crippen molar-refractivity contribution in [2.45, 2.75) is 44.3 Å². The first-order chi connectivity index (χ1) is 12.9. The molecule has 1 aliphatic heterocycles. The van der Waals surface area contributed by atoms with Crippen molar-refractivity contribution in [2.75, 3.05) is 26.2 Å². The lowest BCUT2D eigenvalue weighted by atomic mass is 9.78. The number of aliphatic hydroxyl groups is 2. The largest absolute Gasteiger partial charge is 0.491 e. The quantitative estimate of drug-likeness (QED) is 0.787. The third-order valence-electron chi connectivity index (χ3n) is 5.54. The first-order valence-corrected chi connectivity index (χ1v) is 9.82. The molecule has 0 bridgehead atoms. The van der Waals surface area contributed by atoms with E-state index >= 15 is 0 Å². The Balaban J connectivity index is 1.52. The number of likely N-dealkylation sites (tertiary alicyclic amines) is 1. The van der Waals surface area contributed by atoms with Crippen molar-refractivity contribution >= 4 is 0 Å². The van der Waals surface area contributed by atoms with E-state index in [1.807, 2.05) is 18.2 Å². The van der Waals surface area contributed by atoms with Gasteiger partial charge < -0.3 is 19.8 Å². The van der Waals surface area contributed by atoms with Gasteiger partial charge in [-0.1, -0.05) is 56.3 Å². The van der Waals surface area contributed by atoms with Crippen molar-refractivity contribution in [3.8, 4) is 5.75 Å². The normalized spacial score (nSPS) is 17.6. The summed E-state index contributed by atoms with van der Waals surface area (Å²) >= 11 is 0. The SMILES string of the molecule is CC(C)(c1ccccc1)c1ccc(OC[C@H](O)CN2CCC(O)CC2)cc1. The molecule has 0 spiro atoms. The van der Waals surface area contributed by atoms with Crippen molar-refractivity contribution in [1.29, 1.82) is 0 Å². The number of benzene rings is 2. The van der Waals surface area contributed by atoms with Crippen LogP contribution in [0.2, 0.25) is 0 Å². The van der Waals surface area contributed by atoms with E-state index in [9.17, 15) is 10.2 Å². The van der Waals surface area contributed by atoms with Gasteiger partial charge in [-0.15, -0.1) is 0 Å². The van der Waals surface area contributed by atoms with Gasteiger partial charge in [-0.05, 0) is 36.1 Å². The Morgan fingerprint density at radius 3 is 2.22 bits per heavy atom. The number of hydrogen-bond acceptors (Lipinski definition) is 4. The lowest BCUT2D eigenvalue weighted by molar-refractivity contribution is 0.0337. The van der Waals surface area contributed by atoms with Crippen molar-refractivity contribution in [3.63, 3.8) is 0 Å². The number of ether oxygens (including phenoxy) is 1. The summed E-state index contributed by atoms with van der Waals surface area (Å²) < 4.78 is 5.78. The molecular formula is C23H31NO3. The predicted molar refractivity (Wildman–Crippen MR) is 108 cm³/mol. The summed E-state index contributed by atoms with van der Waals surface area (Å²) in [6.07, 6.45) is 0.854. The molecule has 2 N–H and O–H groups in total. The van der Waals surface area contributed by atoms with E-state index in [-0.39, 0.29) is 18.1 Å². The molecule has 0 aliphatic carbocycles. The van der Waals surface area contributed by atoms with Gasteiger partial charge in [-0.2, -0.15) is 0 Å². The number of rotatable bonds is 7. The van der Waals surface area contributed by atoms with Crippen molar-refractivity contribution in [1.82, 2.24) is 4.90 Å². The van der Waals surface area contributed by atoms with Crippen LogP contribution >= 0.6 is 0 Å². The monoisotopic (exact) mass is 369 g/mol. The molecule has 1 atom stereocenters. The predicted octanol–water partition coefficient (Wildman–Crippen LogP) is 3.21. The average Bonchev–Trinajstić information content (AvgIpc) is 2.69. The highest BCUT2D eigenvalue weighted by molar-refractivity contribution is 5.39. The second kappa shape index (κ2) is 8.87. The Morgan fingerprint density at radius 2 is 1.59 bits per heavy atom. The molecule has 146 valence electrons. The van der Waals surface area contributed by atoms with Crippen LogP contribution in [0.15, 0.2) is 54.6 Å². The number of nitrogens with zero attached hydrogens (tertiary/aromatic N) is 1. The van der Waals surface area contributed by atoms with E-state index in [0.717, 1.165) is 31.7 Å². The first-order valence-electron chi connectivity index (χ1n) is 9.82. The van der Waals surface area contributed by atoms with Crippen LogP contribution in [-0.4, -0.2) is 53.6 Å². The Bertz CT molecular complexity index is 691. The highest BCUT2D eigenvalue weighted by Gasteiger charge is 2.23. The number of aliphatic hydroxyl groups excluding tert-OH is 2. The fourth-order valence-electron chi connectivity index (χ4n) is 3.63. The molecule has 1 heterocycles. The van der Waals surface area contributed by atoms with Gasteiger partial charge in [0.25, 0.3) is 0 Å². The Hall–Kier alpha value is -1.88. The minimum atomic E-state index is -0.527. The Morgan fingerprint density at radius 1 is 1.00 bits per heavy atom. The molecule has 3 rings (SSSR count). The van der Waals surface area contributed by atoms with E-state index < -0.39 is 6.10 Å². The Labute approximate surface area is 162 Å². The molecule has 2 aromatic rings. The summed E-state index contributed by atoms with van der Waals surface area (Å²) in [5, 5.41) is 19.8. The molecule has 0 unspecified atom stereocenters. The van der Waals surface area contributed by atoms with Crippen LogP contribution in [0.25, 0.3) is 0 Å². The van der Waals surface area contributed by atoms with Crippen LogP contribution in [0, 0.1) is 0 Å².